The molecule has 2 aromatic heterocycles. The van der Waals surface area contributed by atoms with E-state index in [9.17, 15) is 0 Å². The summed E-state index contributed by atoms with van der Waals surface area (Å²) in [6.45, 7) is 0.854. The fraction of sp³-hybridized carbons (Fsp3) is 0.467. The van der Waals surface area contributed by atoms with Crippen molar-refractivity contribution < 1.29 is 0 Å². The lowest BCUT2D eigenvalue weighted by Gasteiger charge is -2.22. The van der Waals surface area contributed by atoms with Gasteiger partial charge in [-0.25, -0.2) is 9.97 Å². The zero-order chi connectivity index (χ0) is 13.8. The molecule has 1 aliphatic carbocycles. The maximum Gasteiger partial charge on any atom is 0.137 e. The summed E-state index contributed by atoms with van der Waals surface area (Å²) in [5.74, 6) is 0. The molecule has 1 N–H and O–H groups in total. The molecule has 0 amide bonds. The molecule has 0 radical (unpaired) electrons. The third kappa shape index (κ3) is 3.37. The average Bonchev–Trinajstić information content (AvgIpc) is 2.95. The summed E-state index contributed by atoms with van der Waals surface area (Å²) in [6.07, 6.45) is 10.3. The Labute approximate surface area is 128 Å². The predicted molar refractivity (Wildman–Crippen MR) is 84.1 cm³/mol. The molecule has 0 unspecified atom stereocenters. The van der Waals surface area contributed by atoms with Crippen LogP contribution in [-0.4, -0.2) is 16.0 Å². The lowest BCUT2D eigenvalue weighted by atomic mass is 9.96. The van der Waals surface area contributed by atoms with E-state index in [4.69, 9.17) is 11.6 Å². The summed E-state index contributed by atoms with van der Waals surface area (Å²) in [6, 6.07) is 4.56. The highest BCUT2D eigenvalue weighted by Gasteiger charge is 2.14. The van der Waals surface area contributed by atoms with Gasteiger partial charge in [0.1, 0.15) is 10.2 Å². The average molecular weight is 308 g/mol. The van der Waals surface area contributed by atoms with Gasteiger partial charge in [-0.3, -0.25) is 0 Å². The number of nitrogens with zero attached hydrogens (tertiary/aromatic N) is 2. The van der Waals surface area contributed by atoms with Gasteiger partial charge < -0.3 is 5.32 Å². The quantitative estimate of drug-likeness (QED) is 0.857. The molecule has 1 fully saturated rings. The van der Waals surface area contributed by atoms with E-state index in [1.54, 1.807) is 17.5 Å². The van der Waals surface area contributed by atoms with Crippen molar-refractivity contribution >= 4 is 22.9 Å². The van der Waals surface area contributed by atoms with E-state index in [-0.39, 0.29) is 0 Å². The molecule has 1 aliphatic rings. The molecule has 0 atom stereocenters. The summed E-state index contributed by atoms with van der Waals surface area (Å²) in [5, 5.41) is 5.28. The number of hydrogen-bond donors (Lipinski definition) is 1. The van der Waals surface area contributed by atoms with E-state index >= 15 is 0 Å². The van der Waals surface area contributed by atoms with Crippen molar-refractivity contribution in [2.75, 3.05) is 0 Å². The van der Waals surface area contributed by atoms with Gasteiger partial charge in [-0.15, -0.1) is 11.3 Å². The molecule has 3 rings (SSSR count). The maximum atomic E-state index is 6.12. The third-order valence-corrected chi connectivity index (χ3v) is 5.06. The molecule has 0 aromatic carbocycles. The van der Waals surface area contributed by atoms with Crippen molar-refractivity contribution in [1.82, 2.24) is 15.3 Å². The van der Waals surface area contributed by atoms with Crippen molar-refractivity contribution in [2.24, 2.45) is 0 Å². The second-order valence-electron chi connectivity index (χ2n) is 5.18. The molecule has 1 saturated carbocycles. The van der Waals surface area contributed by atoms with Crippen LogP contribution in [0.3, 0.4) is 0 Å². The van der Waals surface area contributed by atoms with Gasteiger partial charge in [0.2, 0.25) is 0 Å². The minimum absolute atomic E-state index is 0.544. The van der Waals surface area contributed by atoms with Gasteiger partial charge in [-0.05, 0) is 25.0 Å². The molecule has 2 aromatic rings. The Morgan fingerprint density at radius 3 is 2.90 bits per heavy atom. The van der Waals surface area contributed by atoms with Crippen LogP contribution >= 0.6 is 22.9 Å². The summed E-state index contributed by atoms with van der Waals surface area (Å²) in [4.78, 5) is 9.69. The smallest absolute Gasteiger partial charge is 0.137 e. The second kappa shape index (κ2) is 6.66. The van der Waals surface area contributed by atoms with Crippen LogP contribution in [0.15, 0.2) is 24.5 Å². The minimum atomic E-state index is 0.544. The zero-order valence-corrected chi connectivity index (χ0v) is 12.9. The Bertz CT molecular complexity index is 564. The van der Waals surface area contributed by atoms with Crippen molar-refractivity contribution in [3.8, 4) is 10.4 Å². The van der Waals surface area contributed by atoms with E-state index < -0.39 is 0 Å². The lowest BCUT2D eigenvalue weighted by Crippen LogP contribution is -2.30. The molecule has 3 nitrogen and oxygen atoms in total. The molecule has 5 heteroatoms. The fourth-order valence-electron chi connectivity index (χ4n) is 2.62. The first-order chi connectivity index (χ1) is 9.83. The SMILES string of the molecule is Clc1ncccc1-c1cnc(CNC2CCCCC2)s1. The number of pyridine rings is 1. The van der Waals surface area contributed by atoms with Crippen LogP contribution in [0.4, 0.5) is 0 Å². The highest BCUT2D eigenvalue weighted by molar-refractivity contribution is 7.15. The van der Waals surface area contributed by atoms with Crippen LogP contribution in [0.2, 0.25) is 5.15 Å². The molecule has 106 valence electrons. The van der Waals surface area contributed by atoms with Crippen LogP contribution in [0.5, 0.6) is 0 Å². The summed E-state index contributed by atoms with van der Waals surface area (Å²) < 4.78 is 0. The second-order valence-corrected chi connectivity index (χ2v) is 6.65. The summed E-state index contributed by atoms with van der Waals surface area (Å²) in [5.41, 5.74) is 0.968. The van der Waals surface area contributed by atoms with E-state index in [2.05, 4.69) is 15.3 Å². The monoisotopic (exact) mass is 307 g/mol. The summed E-state index contributed by atoms with van der Waals surface area (Å²) in [7, 11) is 0. The van der Waals surface area contributed by atoms with Crippen LogP contribution < -0.4 is 5.32 Å². The first-order valence-corrected chi connectivity index (χ1v) is 8.31. The molecule has 20 heavy (non-hydrogen) atoms. The standard InChI is InChI=1S/C15H18ClN3S/c16-15-12(7-4-8-17-15)13-9-19-14(20-13)10-18-11-5-2-1-3-6-11/h4,7-9,11,18H,1-3,5-6,10H2. The third-order valence-electron chi connectivity index (χ3n) is 3.73. The van der Waals surface area contributed by atoms with Crippen LogP contribution in [-0.2, 0) is 6.54 Å². The Morgan fingerprint density at radius 1 is 1.25 bits per heavy atom. The normalized spacial score (nSPS) is 16.4. The van der Waals surface area contributed by atoms with E-state index in [1.165, 1.54) is 32.1 Å². The molecule has 0 spiro atoms. The molecule has 2 heterocycles. The highest BCUT2D eigenvalue weighted by atomic mass is 35.5. The van der Waals surface area contributed by atoms with Gasteiger partial charge in [0.05, 0.1) is 4.88 Å². The number of thiazole rings is 1. The highest BCUT2D eigenvalue weighted by Crippen LogP contribution is 2.30. The van der Waals surface area contributed by atoms with E-state index in [1.807, 2.05) is 18.3 Å². The van der Waals surface area contributed by atoms with Gasteiger partial charge in [0.25, 0.3) is 0 Å². The van der Waals surface area contributed by atoms with Crippen molar-refractivity contribution in [3.63, 3.8) is 0 Å². The van der Waals surface area contributed by atoms with Crippen LogP contribution in [0, 0.1) is 0 Å². The molecule has 0 bridgehead atoms. The first kappa shape index (κ1) is 14.0. The van der Waals surface area contributed by atoms with Crippen LogP contribution in [0.25, 0.3) is 10.4 Å². The Morgan fingerprint density at radius 2 is 2.10 bits per heavy atom. The van der Waals surface area contributed by atoms with Gasteiger partial charge in [-0.1, -0.05) is 30.9 Å². The maximum absolute atomic E-state index is 6.12. The van der Waals surface area contributed by atoms with Crippen molar-refractivity contribution in [2.45, 2.75) is 44.7 Å². The van der Waals surface area contributed by atoms with Gasteiger partial charge >= 0.3 is 0 Å². The number of hydrogen-bond acceptors (Lipinski definition) is 4. The fourth-order valence-corrected chi connectivity index (χ4v) is 3.80. The number of rotatable bonds is 4. The Balaban J connectivity index is 1.63. The zero-order valence-electron chi connectivity index (χ0n) is 11.3. The first-order valence-electron chi connectivity index (χ1n) is 7.12. The predicted octanol–water partition coefficient (Wildman–Crippen LogP) is 4.28. The minimum Gasteiger partial charge on any atom is -0.308 e. The molecule has 0 saturated heterocycles. The Hall–Kier alpha value is -0.970. The van der Waals surface area contributed by atoms with Crippen molar-refractivity contribution in [3.05, 3.63) is 34.7 Å². The number of halogens is 1. The molecular weight excluding hydrogens is 290 g/mol. The summed E-state index contributed by atoms with van der Waals surface area (Å²) >= 11 is 7.81. The number of aromatic nitrogens is 2. The lowest BCUT2D eigenvalue weighted by molar-refractivity contribution is 0.372. The van der Waals surface area contributed by atoms with Gasteiger partial charge in [0, 0.05) is 30.5 Å². The molecule has 0 aliphatic heterocycles. The number of nitrogens with one attached hydrogen (secondary N) is 1. The van der Waals surface area contributed by atoms with Gasteiger partial charge in [0.15, 0.2) is 0 Å². The Kier molecular flexibility index (Phi) is 4.65. The van der Waals surface area contributed by atoms with Gasteiger partial charge in [-0.2, -0.15) is 0 Å². The largest absolute Gasteiger partial charge is 0.308 e. The van der Waals surface area contributed by atoms with E-state index in [0.717, 1.165) is 22.0 Å². The van der Waals surface area contributed by atoms with Crippen molar-refractivity contribution in [1.29, 1.82) is 0 Å². The van der Waals surface area contributed by atoms with Crippen LogP contribution in [0.1, 0.15) is 37.1 Å². The van der Waals surface area contributed by atoms with E-state index in [0.29, 0.717) is 11.2 Å². The molecular formula is C15H18ClN3S. The topological polar surface area (TPSA) is 37.8 Å².